The molecule has 26 heavy (non-hydrogen) atoms. The van der Waals surface area contributed by atoms with Crippen LogP contribution in [0.5, 0.6) is 0 Å². The zero-order chi connectivity index (χ0) is 18.6. The molecular weight excluding hydrogens is 375 g/mol. The number of carboxylic acids is 1. The van der Waals surface area contributed by atoms with Crippen molar-refractivity contribution in [3.05, 3.63) is 24.3 Å². The third-order valence-electron chi connectivity index (χ3n) is 3.77. The molecule has 1 N–H and O–H groups in total. The minimum absolute atomic E-state index is 0. The number of carbonyl (C=O) groups excluding carboxylic acids is 2. The number of sulfonamides is 1. The van der Waals surface area contributed by atoms with Crippen LogP contribution in [0.15, 0.2) is 29.2 Å². The number of aliphatic carboxylic acids is 1. The van der Waals surface area contributed by atoms with Crippen LogP contribution in [0, 0.1) is 0 Å². The van der Waals surface area contributed by atoms with Crippen LogP contribution in [-0.2, 0) is 24.3 Å². The average molecular weight is 394 g/mol. The Labute approximate surface area is 173 Å². The number of amides is 1. The Bertz CT molecular complexity index is 770. The number of benzene rings is 1. The van der Waals surface area contributed by atoms with Crippen molar-refractivity contribution in [3.8, 4) is 0 Å². The van der Waals surface area contributed by atoms with E-state index < -0.39 is 28.6 Å². The Morgan fingerprint density at radius 3 is 2.19 bits per heavy atom. The number of ketones is 1. The number of hydrogen-bond acceptors (Lipinski definition) is 7. The zero-order valence-corrected chi connectivity index (χ0v) is 14.4. The summed E-state index contributed by atoms with van der Waals surface area (Å²) < 4.78 is 29.5. The third kappa shape index (κ3) is 5.19. The van der Waals surface area contributed by atoms with Crippen LogP contribution in [0.1, 0.15) is 12.8 Å². The van der Waals surface area contributed by atoms with Crippen molar-refractivity contribution in [2.75, 3.05) is 31.6 Å². The summed E-state index contributed by atoms with van der Waals surface area (Å²) in [5.74, 6) is -1.29. The Balaban J connectivity index is 0.00000338. The molecule has 11 heteroatoms. The van der Waals surface area contributed by atoms with Crippen LogP contribution in [0.25, 0.3) is 0 Å². The predicted molar refractivity (Wildman–Crippen MR) is 94.0 cm³/mol. The molecule has 1 aliphatic heterocycles. The molecule has 1 saturated heterocycles. The van der Waals surface area contributed by atoms with Gasteiger partial charge in [0, 0.05) is 31.6 Å². The van der Waals surface area contributed by atoms with Gasteiger partial charge < -0.3 is 14.7 Å². The van der Waals surface area contributed by atoms with E-state index in [1.807, 2.05) is 4.90 Å². The van der Waals surface area contributed by atoms with Crippen LogP contribution in [0.3, 0.4) is 0 Å². The van der Waals surface area contributed by atoms with Crippen molar-refractivity contribution in [1.29, 1.82) is 0 Å². The number of anilines is 1. The van der Waals surface area contributed by atoms with Crippen molar-refractivity contribution in [2.24, 2.45) is 0 Å². The number of rotatable bonds is 5. The molecule has 1 aliphatic rings. The van der Waals surface area contributed by atoms with Gasteiger partial charge in [-0.3, -0.25) is 9.59 Å². The molecule has 0 spiro atoms. The number of Topliss-reactive ketones (excluding diaryl/α,β-unsaturated/α-hetero) is 1. The second kappa shape index (κ2) is 9.36. The molecule has 0 unspecified atom stereocenters. The third-order valence-corrected chi connectivity index (χ3v) is 5.49. The molecule has 0 bridgehead atoms. The van der Waals surface area contributed by atoms with Crippen LogP contribution in [0.2, 0.25) is 0 Å². The summed E-state index contributed by atoms with van der Waals surface area (Å²) in [4.78, 5) is 35.5. The first-order valence-corrected chi connectivity index (χ1v) is 8.89. The number of carbonyl (C=O) groups is 3. The van der Waals surface area contributed by atoms with Gasteiger partial charge in [-0.1, -0.05) is 0 Å². The molecule has 0 aromatic heterocycles. The molecule has 138 valence electrons. The van der Waals surface area contributed by atoms with Crippen molar-refractivity contribution in [1.82, 2.24) is 4.31 Å². The van der Waals surface area contributed by atoms with E-state index in [4.69, 9.17) is 5.11 Å². The molecule has 2 rings (SSSR count). The maximum atomic E-state index is 12.5. The van der Waals surface area contributed by atoms with Crippen molar-refractivity contribution in [3.63, 3.8) is 0 Å². The Hall–Kier alpha value is -1.62. The number of nitrogens with zero attached hydrogens (tertiary/aromatic N) is 2. The molecule has 0 saturated carbocycles. The first kappa shape index (κ1) is 22.4. The van der Waals surface area contributed by atoms with E-state index in [0.717, 1.165) is 12.8 Å². The quantitative estimate of drug-likeness (QED) is 0.696. The first-order chi connectivity index (χ1) is 11.8. The van der Waals surface area contributed by atoms with Gasteiger partial charge in [0.15, 0.2) is 0 Å². The second-order valence-corrected chi connectivity index (χ2v) is 7.26. The summed E-state index contributed by atoms with van der Waals surface area (Å²) in [5, 5.41) is 8.83. The van der Waals surface area contributed by atoms with Gasteiger partial charge in [-0.15, -0.1) is 0 Å². The fraction of sp³-hybridized carbons (Fsp3) is 0.400. The van der Waals surface area contributed by atoms with E-state index in [1.54, 1.807) is 12.1 Å². The Morgan fingerprint density at radius 1 is 1.19 bits per heavy atom. The Morgan fingerprint density at radius 2 is 1.73 bits per heavy atom. The molecule has 1 fully saturated rings. The zero-order valence-electron chi connectivity index (χ0n) is 13.5. The van der Waals surface area contributed by atoms with Gasteiger partial charge in [-0.25, -0.2) is 13.2 Å². The van der Waals surface area contributed by atoms with Crippen molar-refractivity contribution in [2.45, 2.75) is 17.7 Å². The fourth-order valence-electron chi connectivity index (χ4n) is 2.44. The molecule has 1 heterocycles. The van der Waals surface area contributed by atoms with Gasteiger partial charge in [0.05, 0.1) is 12.0 Å². The predicted octanol–water partition coefficient (Wildman–Crippen LogP) is 0.0491. The van der Waals surface area contributed by atoms with E-state index in [1.165, 1.54) is 12.1 Å². The maximum absolute atomic E-state index is 12.5. The second-order valence-electron chi connectivity index (χ2n) is 5.40. The summed E-state index contributed by atoms with van der Waals surface area (Å²) in [6.07, 6.45) is -0.398. The number of ether oxygens (including phenoxy) is 1. The first-order valence-electron chi connectivity index (χ1n) is 7.45. The summed E-state index contributed by atoms with van der Waals surface area (Å²) >= 11 is 0. The number of piperidine rings is 1. The Kier molecular flexibility index (Phi) is 8.07. The summed E-state index contributed by atoms with van der Waals surface area (Å²) in [5.41, 5.74) is 0.745. The summed E-state index contributed by atoms with van der Waals surface area (Å²) in [6.45, 7) is 0.0709. The normalized spacial score (nSPS) is 14.3. The van der Waals surface area contributed by atoms with Crippen LogP contribution in [-0.4, -0.2) is 92.0 Å². The molecule has 1 aromatic rings. The van der Waals surface area contributed by atoms with Crippen LogP contribution < -0.4 is 4.90 Å². The number of methoxy groups -OCH3 is 1. The molecule has 1 amide bonds. The number of carboxylic acid groups (broad SMARTS) is 1. The average Bonchev–Trinajstić information content (AvgIpc) is 2.59. The van der Waals surface area contributed by atoms with E-state index >= 15 is 0 Å². The monoisotopic (exact) mass is 394 g/mol. The van der Waals surface area contributed by atoms with E-state index in [-0.39, 0.29) is 44.5 Å². The topological polar surface area (TPSA) is 121 Å². The molecule has 1 aromatic carbocycles. The van der Waals surface area contributed by atoms with E-state index in [0.29, 0.717) is 25.9 Å². The summed E-state index contributed by atoms with van der Waals surface area (Å²) in [7, 11) is -3.39. The minimum atomic E-state index is -4.36. The molecule has 0 atom stereocenters. The molecule has 0 radical (unpaired) electrons. The number of hydrogen-bond donors (Lipinski definition) is 1. The van der Waals surface area contributed by atoms with Gasteiger partial charge >= 0.3 is 41.6 Å². The van der Waals surface area contributed by atoms with Crippen molar-refractivity contribution >= 4 is 63.1 Å². The molecular formula is C15H19N2NaO7S. The van der Waals surface area contributed by atoms with E-state index in [9.17, 15) is 22.8 Å². The van der Waals surface area contributed by atoms with Crippen LogP contribution in [0.4, 0.5) is 10.5 Å². The van der Waals surface area contributed by atoms with E-state index in [2.05, 4.69) is 4.74 Å². The van der Waals surface area contributed by atoms with Gasteiger partial charge in [0.25, 0.3) is 10.0 Å². The van der Waals surface area contributed by atoms with Gasteiger partial charge in [-0.2, -0.15) is 4.31 Å². The standard InChI is InChI=1S/C15H18N2O7S.Na.H/c1-24-15(21)17(10-14(19)20)25(22,23)13-4-2-11(3-5-13)16-8-6-12(18)7-9-16;;/h2-5H,6-10H2,1H3,(H,19,20);;. The van der Waals surface area contributed by atoms with Gasteiger partial charge in [0.2, 0.25) is 0 Å². The summed E-state index contributed by atoms with van der Waals surface area (Å²) in [6, 6.07) is 5.69. The fourth-order valence-corrected chi connectivity index (χ4v) is 3.73. The molecule has 9 nitrogen and oxygen atoms in total. The van der Waals surface area contributed by atoms with Gasteiger partial charge in [0.1, 0.15) is 12.3 Å². The van der Waals surface area contributed by atoms with Crippen molar-refractivity contribution < 1.29 is 32.6 Å². The van der Waals surface area contributed by atoms with Crippen LogP contribution >= 0.6 is 0 Å². The van der Waals surface area contributed by atoms with Gasteiger partial charge in [-0.05, 0) is 24.3 Å². The SMILES string of the molecule is COC(=O)N(CC(=O)O)S(=O)(=O)c1ccc(N2CCC(=O)CC2)cc1.[NaH]. The molecule has 0 aliphatic carbocycles.